The summed E-state index contributed by atoms with van der Waals surface area (Å²) in [4.78, 5) is 15.8. The summed E-state index contributed by atoms with van der Waals surface area (Å²) in [6.45, 7) is 0.209. The van der Waals surface area contributed by atoms with E-state index in [2.05, 4.69) is 10.3 Å². The summed E-state index contributed by atoms with van der Waals surface area (Å²) in [5.74, 6) is 1.12. The van der Waals surface area contributed by atoms with Crippen LogP contribution in [0, 0.1) is 0 Å². The largest absolute Gasteiger partial charge is 0.480 e. The average molecular weight is 286 g/mol. The highest BCUT2D eigenvalue weighted by molar-refractivity contribution is 5.96. The maximum Gasteiger partial charge on any atom is 0.329 e. The summed E-state index contributed by atoms with van der Waals surface area (Å²) in [6.07, 6.45) is 3.81. The van der Waals surface area contributed by atoms with E-state index in [1.54, 1.807) is 6.20 Å². The number of pyridine rings is 1. The highest BCUT2D eigenvalue weighted by atomic mass is 16.7. The molecule has 6 heteroatoms. The molecule has 4 rings (SSSR count). The van der Waals surface area contributed by atoms with Gasteiger partial charge in [-0.15, -0.1) is 0 Å². The second-order valence-corrected chi connectivity index (χ2v) is 5.45. The van der Waals surface area contributed by atoms with Crippen LogP contribution in [0.2, 0.25) is 0 Å². The van der Waals surface area contributed by atoms with Crippen molar-refractivity contribution in [3.05, 3.63) is 24.4 Å². The Bertz CT molecular complexity index is 740. The van der Waals surface area contributed by atoms with Gasteiger partial charge in [-0.2, -0.15) is 0 Å². The van der Waals surface area contributed by atoms with E-state index >= 15 is 0 Å². The lowest BCUT2D eigenvalue weighted by atomic mass is 9.76. The fraction of sp³-hybridized carbons (Fsp3) is 0.333. The molecule has 0 radical (unpaired) electrons. The molecule has 1 aliphatic heterocycles. The number of ether oxygens (including phenoxy) is 2. The minimum Gasteiger partial charge on any atom is -0.480 e. The zero-order valence-electron chi connectivity index (χ0n) is 11.3. The van der Waals surface area contributed by atoms with Gasteiger partial charge in [0.05, 0.1) is 0 Å². The van der Waals surface area contributed by atoms with E-state index in [0.717, 1.165) is 17.2 Å². The number of aromatic nitrogens is 1. The van der Waals surface area contributed by atoms with Gasteiger partial charge in [0.25, 0.3) is 0 Å². The summed E-state index contributed by atoms with van der Waals surface area (Å²) in [6, 6.07) is 5.61. The maximum atomic E-state index is 11.5. The minimum atomic E-state index is -0.891. The molecule has 2 heterocycles. The number of carboxylic acid groups (broad SMARTS) is 1. The number of nitrogens with zero attached hydrogens (tertiary/aromatic N) is 1. The summed E-state index contributed by atoms with van der Waals surface area (Å²) in [7, 11) is 0. The van der Waals surface area contributed by atoms with Crippen molar-refractivity contribution in [1.82, 2.24) is 4.98 Å². The Labute approximate surface area is 120 Å². The van der Waals surface area contributed by atoms with Gasteiger partial charge in [0.2, 0.25) is 6.79 Å². The average Bonchev–Trinajstić information content (AvgIpc) is 2.87. The van der Waals surface area contributed by atoms with Crippen LogP contribution in [-0.4, -0.2) is 28.4 Å². The van der Waals surface area contributed by atoms with Crippen LogP contribution in [0.5, 0.6) is 11.5 Å². The van der Waals surface area contributed by atoms with E-state index in [4.69, 9.17) is 9.47 Å². The van der Waals surface area contributed by atoms with Gasteiger partial charge in [-0.25, -0.2) is 9.78 Å². The Hall–Kier alpha value is -2.50. The van der Waals surface area contributed by atoms with Crippen LogP contribution in [0.4, 0.5) is 5.82 Å². The molecule has 2 aliphatic rings. The van der Waals surface area contributed by atoms with E-state index in [-0.39, 0.29) is 6.79 Å². The van der Waals surface area contributed by atoms with Gasteiger partial charge in [0, 0.05) is 11.6 Å². The van der Waals surface area contributed by atoms with Gasteiger partial charge >= 0.3 is 5.97 Å². The van der Waals surface area contributed by atoms with Gasteiger partial charge in [-0.1, -0.05) is 0 Å². The van der Waals surface area contributed by atoms with E-state index in [9.17, 15) is 9.90 Å². The molecule has 108 valence electrons. The third kappa shape index (κ3) is 1.79. The molecule has 21 heavy (non-hydrogen) atoms. The third-order valence-corrected chi connectivity index (χ3v) is 4.23. The van der Waals surface area contributed by atoms with Crippen molar-refractivity contribution in [1.29, 1.82) is 0 Å². The molecule has 1 aliphatic carbocycles. The highest BCUT2D eigenvalue weighted by Crippen LogP contribution is 2.40. The lowest BCUT2D eigenvalue weighted by Crippen LogP contribution is -2.52. The maximum absolute atomic E-state index is 11.5. The molecule has 0 unspecified atom stereocenters. The first-order valence-electron chi connectivity index (χ1n) is 6.88. The van der Waals surface area contributed by atoms with Crippen molar-refractivity contribution in [2.45, 2.75) is 24.8 Å². The molecular weight excluding hydrogens is 272 g/mol. The molecule has 0 spiro atoms. The van der Waals surface area contributed by atoms with E-state index in [0.29, 0.717) is 30.2 Å². The fourth-order valence-corrected chi connectivity index (χ4v) is 2.81. The summed E-state index contributed by atoms with van der Waals surface area (Å²) in [5, 5.41) is 14.3. The molecule has 0 atom stereocenters. The monoisotopic (exact) mass is 286 g/mol. The Balaban J connectivity index is 1.80. The Morgan fingerprint density at radius 1 is 1.29 bits per heavy atom. The van der Waals surface area contributed by atoms with E-state index in [1.807, 2.05) is 18.2 Å². The number of aliphatic carboxylic acids is 1. The first-order valence-corrected chi connectivity index (χ1v) is 6.88. The molecule has 1 aromatic heterocycles. The Morgan fingerprint density at radius 2 is 2.05 bits per heavy atom. The molecule has 6 nitrogen and oxygen atoms in total. The molecular formula is C15H14N2O4. The Morgan fingerprint density at radius 3 is 2.71 bits per heavy atom. The second kappa shape index (κ2) is 4.25. The van der Waals surface area contributed by atoms with Crippen LogP contribution in [0.3, 0.4) is 0 Å². The van der Waals surface area contributed by atoms with Crippen LogP contribution < -0.4 is 14.8 Å². The standard InChI is InChI=1S/C15H14N2O4/c18-14(19)15(3-1-4-15)17-13-10-7-12-11(20-8-21-12)6-9(10)2-5-16-13/h2,5-7H,1,3-4,8H2,(H,16,17)(H,18,19). The van der Waals surface area contributed by atoms with Crippen LogP contribution in [0.1, 0.15) is 19.3 Å². The topological polar surface area (TPSA) is 80.7 Å². The number of anilines is 1. The van der Waals surface area contributed by atoms with Gasteiger partial charge in [-0.05, 0) is 42.8 Å². The fourth-order valence-electron chi connectivity index (χ4n) is 2.81. The summed E-state index contributed by atoms with van der Waals surface area (Å²) < 4.78 is 10.7. The molecule has 0 amide bonds. The zero-order valence-corrected chi connectivity index (χ0v) is 11.3. The zero-order chi connectivity index (χ0) is 14.4. The summed E-state index contributed by atoms with van der Waals surface area (Å²) in [5.41, 5.74) is -0.891. The van der Waals surface area contributed by atoms with E-state index in [1.165, 1.54) is 0 Å². The normalized spacial score (nSPS) is 18.3. The predicted octanol–water partition coefficient (Wildman–Crippen LogP) is 2.38. The van der Waals surface area contributed by atoms with Crippen molar-refractivity contribution in [3.8, 4) is 11.5 Å². The van der Waals surface area contributed by atoms with Crippen molar-refractivity contribution in [2.75, 3.05) is 12.1 Å². The van der Waals surface area contributed by atoms with Crippen molar-refractivity contribution in [2.24, 2.45) is 0 Å². The van der Waals surface area contributed by atoms with Gasteiger partial charge in [-0.3, -0.25) is 0 Å². The SMILES string of the molecule is O=C(O)C1(Nc2nccc3cc4c(cc23)OCO4)CCC1. The van der Waals surface area contributed by atoms with Crippen molar-refractivity contribution >= 4 is 22.6 Å². The van der Waals surface area contributed by atoms with Crippen LogP contribution in [0.25, 0.3) is 10.8 Å². The second-order valence-electron chi connectivity index (χ2n) is 5.45. The van der Waals surface area contributed by atoms with Gasteiger partial charge in [0.1, 0.15) is 11.4 Å². The van der Waals surface area contributed by atoms with Gasteiger partial charge in [0.15, 0.2) is 11.5 Å². The van der Waals surface area contributed by atoms with Gasteiger partial charge < -0.3 is 19.9 Å². The number of benzene rings is 1. The van der Waals surface area contributed by atoms with E-state index < -0.39 is 11.5 Å². The molecule has 1 fully saturated rings. The number of hydrogen-bond donors (Lipinski definition) is 2. The molecule has 0 bridgehead atoms. The summed E-state index contributed by atoms with van der Waals surface area (Å²) >= 11 is 0. The number of fused-ring (bicyclic) bond motifs is 2. The number of hydrogen-bond acceptors (Lipinski definition) is 5. The first-order chi connectivity index (χ1) is 10.2. The first kappa shape index (κ1) is 12.3. The molecule has 1 aromatic carbocycles. The van der Waals surface area contributed by atoms with Crippen LogP contribution >= 0.6 is 0 Å². The predicted molar refractivity (Wildman–Crippen MR) is 75.7 cm³/mol. The minimum absolute atomic E-state index is 0.209. The quantitative estimate of drug-likeness (QED) is 0.901. The van der Waals surface area contributed by atoms with Crippen molar-refractivity contribution < 1.29 is 19.4 Å². The smallest absolute Gasteiger partial charge is 0.329 e. The van der Waals surface area contributed by atoms with Crippen LogP contribution in [0.15, 0.2) is 24.4 Å². The van der Waals surface area contributed by atoms with Crippen molar-refractivity contribution in [3.63, 3.8) is 0 Å². The lowest BCUT2D eigenvalue weighted by Gasteiger charge is -2.38. The van der Waals surface area contributed by atoms with Crippen LogP contribution in [-0.2, 0) is 4.79 Å². The Kier molecular flexibility index (Phi) is 2.48. The molecule has 1 saturated carbocycles. The third-order valence-electron chi connectivity index (χ3n) is 4.23. The molecule has 2 aromatic rings. The molecule has 2 N–H and O–H groups in total. The number of carbonyl (C=O) groups is 1. The highest BCUT2D eigenvalue weighted by Gasteiger charge is 2.45. The number of rotatable bonds is 3. The lowest BCUT2D eigenvalue weighted by molar-refractivity contribution is -0.145. The number of carboxylic acids is 1. The number of nitrogens with one attached hydrogen (secondary N) is 1. The molecule has 0 saturated heterocycles.